The van der Waals surface area contributed by atoms with Crippen molar-refractivity contribution in [3.05, 3.63) is 199 Å². The van der Waals surface area contributed by atoms with Crippen LogP contribution in [0.1, 0.15) is 22.9 Å². The minimum atomic E-state index is -0.268. The molecule has 5 nitrogen and oxygen atoms in total. The SMILES string of the molecule is c1ccc(C2=NC(c3ccc4c(c3)oc3ccc(-n5c6ccccc6c6cc(-c7ccc8sc9ccccc9c8c7)ccc65)cc34)=NC(c3ccccc3)N2)cc1. The Morgan fingerprint density at radius 1 is 0.474 bits per heavy atom. The number of thiophene rings is 1. The highest BCUT2D eigenvalue weighted by atomic mass is 32.1. The van der Waals surface area contributed by atoms with Crippen LogP contribution in [0.4, 0.5) is 0 Å². The maximum Gasteiger partial charge on any atom is 0.159 e. The first-order valence-electron chi connectivity index (χ1n) is 19.2. The van der Waals surface area contributed by atoms with Gasteiger partial charge in [-0.15, -0.1) is 11.3 Å². The van der Waals surface area contributed by atoms with Gasteiger partial charge >= 0.3 is 0 Å². The molecule has 0 aliphatic carbocycles. The first-order valence-corrected chi connectivity index (χ1v) is 20.0. The maximum atomic E-state index is 6.54. The molecule has 0 saturated heterocycles. The van der Waals surface area contributed by atoms with Gasteiger partial charge in [0.05, 0.1) is 11.0 Å². The molecule has 0 amide bonds. The van der Waals surface area contributed by atoms with Crippen LogP contribution in [-0.2, 0) is 0 Å². The Hall–Kier alpha value is -7.28. The zero-order chi connectivity index (χ0) is 37.5. The summed E-state index contributed by atoms with van der Waals surface area (Å²) in [7, 11) is 0. The van der Waals surface area contributed by atoms with Crippen molar-refractivity contribution in [1.82, 2.24) is 9.88 Å². The van der Waals surface area contributed by atoms with Crippen molar-refractivity contribution in [2.24, 2.45) is 9.98 Å². The predicted octanol–water partition coefficient (Wildman–Crippen LogP) is 13.2. The van der Waals surface area contributed by atoms with Gasteiger partial charge in [0.15, 0.2) is 5.84 Å². The molecule has 1 N–H and O–H groups in total. The van der Waals surface area contributed by atoms with Crippen molar-refractivity contribution in [1.29, 1.82) is 0 Å². The van der Waals surface area contributed by atoms with Gasteiger partial charge in [-0.05, 0) is 83.4 Å². The molecule has 0 fully saturated rings. The summed E-state index contributed by atoms with van der Waals surface area (Å²) in [5.74, 6) is 1.46. The fourth-order valence-corrected chi connectivity index (χ4v) is 9.59. The molecule has 3 aromatic heterocycles. The normalized spacial score (nSPS) is 14.5. The summed E-state index contributed by atoms with van der Waals surface area (Å²) in [5, 5.41) is 10.8. The standard InChI is InChI=1S/C51H32N4OS/c1-3-11-31(12-4-1)49-52-50(32-13-5-2-6-14-32)54-51(53-49)35-19-23-38-41-30-36(22-25-45(41)56-46(38)29-35)55-43-17-9-7-15-37(43)40-27-33(20-24-44(40)55)34-21-26-48-42(28-34)39-16-8-10-18-47(39)57-48/h1-30,49H,(H,52,53,54). The fraction of sp³-hybridized carbons (Fsp3) is 0.0196. The molecule has 1 aliphatic heterocycles. The van der Waals surface area contributed by atoms with Gasteiger partial charge in [0.1, 0.15) is 23.2 Å². The molecule has 12 rings (SSSR count). The van der Waals surface area contributed by atoms with E-state index in [2.05, 4.69) is 155 Å². The average Bonchev–Trinajstić information content (AvgIpc) is 3.95. The zero-order valence-corrected chi connectivity index (χ0v) is 31.4. The van der Waals surface area contributed by atoms with E-state index in [-0.39, 0.29) is 6.17 Å². The summed E-state index contributed by atoms with van der Waals surface area (Å²) in [6.07, 6.45) is -0.268. The molecule has 1 aliphatic rings. The van der Waals surface area contributed by atoms with E-state index in [0.717, 1.165) is 50.2 Å². The third kappa shape index (κ3) is 5.22. The quantitative estimate of drug-likeness (QED) is 0.191. The molecule has 6 heteroatoms. The van der Waals surface area contributed by atoms with Gasteiger partial charge in [0, 0.05) is 58.5 Å². The number of aliphatic imine (C=N–C) groups is 2. The van der Waals surface area contributed by atoms with E-state index in [4.69, 9.17) is 14.4 Å². The second kappa shape index (κ2) is 12.6. The van der Waals surface area contributed by atoms with Crippen molar-refractivity contribution in [3.63, 3.8) is 0 Å². The molecule has 1 unspecified atom stereocenters. The molecule has 0 radical (unpaired) electrons. The Morgan fingerprint density at radius 2 is 1.18 bits per heavy atom. The lowest BCUT2D eigenvalue weighted by Crippen LogP contribution is -2.33. The van der Waals surface area contributed by atoms with Crippen LogP contribution in [0.5, 0.6) is 0 Å². The lowest BCUT2D eigenvalue weighted by atomic mass is 10.0. The second-order valence-corrected chi connectivity index (χ2v) is 15.7. The molecule has 4 heterocycles. The molecular formula is C51H32N4OS. The van der Waals surface area contributed by atoms with Gasteiger partial charge in [-0.1, -0.05) is 115 Å². The highest BCUT2D eigenvalue weighted by molar-refractivity contribution is 7.25. The summed E-state index contributed by atoms with van der Waals surface area (Å²) in [6.45, 7) is 0. The summed E-state index contributed by atoms with van der Waals surface area (Å²) in [5.41, 5.74) is 10.5. The number of amidine groups is 2. The van der Waals surface area contributed by atoms with Crippen molar-refractivity contribution >= 4 is 86.9 Å². The second-order valence-electron chi connectivity index (χ2n) is 14.6. The van der Waals surface area contributed by atoms with Gasteiger partial charge in [0.2, 0.25) is 0 Å². The number of hydrogen-bond donors (Lipinski definition) is 1. The van der Waals surface area contributed by atoms with E-state index in [9.17, 15) is 0 Å². The Labute approximate surface area is 331 Å². The van der Waals surface area contributed by atoms with Crippen LogP contribution in [0.15, 0.2) is 196 Å². The smallest absolute Gasteiger partial charge is 0.159 e. The molecule has 268 valence electrons. The molecule has 0 bridgehead atoms. The Balaban J connectivity index is 0.956. The summed E-state index contributed by atoms with van der Waals surface area (Å²) < 4.78 is 11.6. The van der Waals surface area contributed by atoms with Crippen LogP contribution in [0.25, 0.3) is 80.7 Å². The van der Waals surface area contributed by atoms with Crippen molar-refractivity contribution < 1.29 is 4.42 Å². The third-order valence-electron chi connectivity index (χ3n) is 11.3. The van der Waals surface area contributed by atoms with E-state index in [1.54, 1.807) is 0 Å². The van der Waals surface area contributed by atoms with Gasteiger partial charge in [-0.3, -0.25) is 0 Å². The topological polar surface area (TPSA) is 54.8 Å². The Morgan fingerprint density at radius 3 is 2.05 bits per heavy atom. The summed E-state index contributed by atoms with van der Waals surface area (Å²) >= 11 is 1.86. The number of rotatable bonds is 5. The maximum absolute atomic E-state index is 6.54. The molecule has 57 heavy (non-hydrogen) atoms. The van der Waals surface area contributed by atoms with E-state index >= 15 is 0 Å². The van der Waals surface area contributed by atoms with Gasteiger partial charge in [0.25, 0.3) is 0 Å². The number of nitrogens with zero attached hydrogens (tertiary/aromatic N) is 3. The monoisotopic (exact) mass is 748 g/mol. The Bertz CT molecular complexity index is 3450. The number of hydrogen-bond acceptors (Lipinski definition) is 5. The highest BCUT2D eigenvalue weighted by Crippen LogP contribution is 2.40. The van der Waals surface area contributed by atoms with Crippen molar-refractivity contribution in [3.8, 4) is 16.8 Å². The predicted molar refractivity (Wildman–Crippen MR) is 238 cm³/mol. The molecule has 11 aromatic rings. The molecule has 1 atom stereocenters. The van der Waals surface area contributed by atoms with Gasteiger partial charge in [-0.25, -0.2) is 9.98 Å². The van der Waals surface area contributed by atoms with E-state index in [1.807, 2.05) is 47.7 Å². The van der Waals surface area contributed by atoms with Crippen LogP contribution >= 0.6 is 11.3 Å². The fourth-order valence-electron chi connectivity index (χ4n) is 8.51. The molecule has 0 saturated carbocycles. The number of aromatic nitrogens is 1. The van der Waals surface area contributed by atoms with E-state index in [1.165, 1.54) is 53.1 Å². The minimum absolute atomic E-state index is 0.268. The zero-order valence-electron chi connectivity index (χ0n) is 30.6. The number of para-hydroxylation sites is 1. The van der Waals surface area contributed by atoms with E-state index in [0.29, 0.717) is 5.84 Å². The van der Waals surface area contributed by atoms with E-state index < -0.39 is 0 Å². The lowest BCUT2D eigenvalue weighted by Gasteiger charge is -2.23. The van der Waals surface area contributed by atoms with Crippen LogP contribution in [-0.4, -0.2) is 16.2 Å². The van der Waals surface area contributed by atoms with Crippen LogP contribution in [0.2, 0.25) is 0 Å². The summed E-state index contributed by atoms with van der Waals surface area (Å²) in [4.78, 5) is 10.1. The number of nitrogens with one attached hydrogen (secondary N) is 1. The van der Waals surface area contributed by atoms with Crippen LogP contribution in [0.3, 0.4) is 0 Å². The molecule has 0 spiro atoms. The molecule has 8 aromatic carbocycles. The number of furan rings is 1. The van der Waals surface area contributed by atoms with Gasteiger partial charge < -0.3 is 14.3 Å². The van der Waals surface area contributed by atoms with Crippen molar-refractivity contribution in [2.75, 3.05) is 0 Å². The number of benzene rings is 8. The van der Waals surface area contributed by atoms with Crippen molar-refractivity contribution in [2.45, 2.75) is 6.17 Å². The average molecular weight is 749 g/mol. The highest BCUT2D eigenvalue weighted by Gasteiger charge is 2.22. The minimum Gasteiger partial charge on any atom is -0.456 e. The van der Waals surface area contributed by atoms with Crippen LogP contribution in [0, 0.1) is 0 Å². The number of fused-ring (bicyclic) bond motifs is 9. The Kier molecular flexibility index (Phi) is 7.09. The van der Waals surface area contributed by atoms with Gasteiger partial charge in [-0.2, -0.15) is 0 Å². The first kappa shape index (κ1) is 32.0. The van der Waals surface area contributed by atoms with Crippen LogP contribution < -0.4 is 5.32 Å². The third-order valence-corrected chi connectivity index (χ3v) is 12.4. The summed E-state index contributed by atoms with van der Waals surface area (Å²) in [6, 6.07) is 64.5. The molecular weight excluding hydrogens is 717 g/mol. The lowest BCUT2D eigenvalue weighted by molar-refractivity contribution is 0.667. The first-order chi connectivity index (χ1) is 28.2. The largest absolute Gasteiger partial charge is 0.456 e.